The maximum absolute atomic E-state index is 10.8. The van der Waals surface area contributed by atoms with E-state index >= 15 is 0 Å². The molecule has 0 saturated carbocycles. The first-order valence-electron chi connectivity index (χ1n) is 6.37. The number of ether oxygens (including phenoxy) is 1. The van der Waals surface area contributed by atoms with Crippen LogP contribution in [0, 0.1) is 13.8 Å². The molecule has 0 amide bonds. The predicted octanol–water partition coefficient (Wildman–Crippen LogP) is 3.22. The fourth-order valence-electron chi connectivity index (χ4n) is 1.93. The number of halogens is 1. The number of oxazole rings is 1. The summed E-state index contributed by atoms with van der Waals surface area (Å²) in [6.07, 6.45) is 0.935. The molecule has 1 heterocycles. The maximum atomic E-state index is 10.8. The molecule has 0 N–H and O–H groups in total. The van der Waals surface area contributed by atoms with Crippen molar-refractivity contribution >= 4 is 16.8 Å². The Bertz CT molecular complexity index is 590. The minimum Gasteiger partial charge on any atom is -0.493 e. The van der Waals surface area contributed by atoms with Gasteiger partial charge >= 0.3 is 0 Å². The van der Waals surface area contributed by atoms with Crippen molar-refractivity contribution < 1.29 is 13.9 Å². The van der Waals surface area contributed by atoms with Gasteiger partial charge in [-0.2, -0.15) is 0 Å². The normalized spacial score (nSPS) is 10.6. The van der Waals surface area contributed by atoms with E-state index in [-0.39, 0.29) is 11.7 Å². The van der Waals surface area contributed by atoms with Crippen LogP contribution in [0.4, 0.5) is 0 Å². The summed E-state index contributed by atoms with van der Waals surface area (Å²) in [6.45, 7) is 4.25. The van der Waals surface area contributed by atoms with Gasteiger partial charge in [0, 0.05) is 19.8 Å². The van der Waals surface area contributed by atoms with Gasteiger partial charge in [-0.3, -0.25) is 4.79 Å². The van der Waals surface area contributed by atoms with Crippen LogP contribution in [0.1, 0.15) is 22.9 Å². The molecule has 20 heavy (non-hydrogen) atoms. The monoisotopic (exact) mass is 293 g/mol. The average Bonchev–Trinajstić information content (AvgIpc) is 2.69. The second-order valence-electron chi connectivity index (χ2n) is 4.51. The summed E-state index contributed by atoms with van der Waals surface area (Å²) in [7, 11) is 0. The van der Waals surface area contributed by atoms with Gasteiger partial charge in [-0.15, -0.1) is 0 Å². The van der Waals surface area contributed by atoms with E-state index in [0.29, 0.717) is 18.9 Å². The standard InChI is InChI=1S/C15H16ClNO3/c1-10-14(17-11(2)20-10)7-8-19-13-5-3-12(4-6-13)9-15(16)18/h3-6H,7-9H2,1-2H3. The molecule has 0 spiro atoms. The lowest BCUT2D eigenvalue weighted by Gasteiger charge is -2.06. The van der Waals surface area contributed by atoms with E-state index in [4.69, 9.17) is 20.8 Å². The van der Waals surface area contributed by atoms with Crippen LogP contribution in [0.3, 0.4) is 0 Å². The zero-order valence-electron chi connectivity index (χ0n) is 11.5. The van der Waals surface area contributed by atoms with Gasteiger partial charge in [0.25, 0.3) is 0 Å². The molecule has 2 rings (SSSR count). The Labute approximate surface area is 122 Å². The molecular formula is C15H16ClNO3. The minimum absolute atomic E-state index is 0.235. The topological polar surface area (TPSA) is 52.3 Å². The molecule has 0 atom stereocenters. The average molecular weight is 294 g/mol. The Morgan fingerprint density at radius 3 is 2.55 bits per heavy atom. The number of nitrogens with zero attached hydrogens (tertiary/aromatic N) is 1. The Kier molecular flexibility index (Phi) is 4.79. The number of carbonyl (C=O) groups is 1. The van der Waals surface area contributed by atoms with Gasteiger partial charge in [-0.05, 0) is 36.2 Å². The third kappa shape index (κ3) is 4.10. The van der Waals surface area contributed by atoms with Crippen LogP contribution in [-0.4, -0.2) is 16.8 Å². The van der Waals surface area contributed by atoms with E-state index in [2.05, 4.69) is 4.98 Å². The molecule has 0 bridgehead atoms. The van der Waals surface area contributed by atoms with Crippen LogP contribution in [0.25, 0.3) is 0 Å². The van der Waals surface area contributed by atoms with E-state index in [1.807, 2.05) is 38.1 Å². The lowest BCUT2D eigenvalue weighted by molar-refractivity contribution is -0.111. The first kappa shape index (κ1) is 14.6. The SMILES string of the molecule is Cc1nc(CCOc2ccc(CC(=O)Cl)cc2)c(C)o1. The molecule has 0 radical (unpaired) electrons. The highest BCUT2D eigenvalue weighted by Gasteiger charge is 2.06. The molecule has 1 aromatic carbocycles. The van der Waals surface area contributed by atoms with Crippen LogP contribution >= 0.6 is 11.6 Å². The van der Waals surface area contributed by atoms with Gasteiger partial charge < -0.3 is 9.15 Å². The molecule has 0 fully saturated rings. The first-order chi connectivity index (χ1) is 9.54. The highest BCUT2D eigenvalue weighted by molar-refractivity contribution is 6.63. The van der Waals surface area contributed by atoms with E-state index in [9.17, 15) is 4.79 Å². The third-order valence-electron chi connectivity index (χ3n) is 2.87. The largest absolute Gasteiger partial charge is 0.493 e. The number of carbonyl (C=O) groups excluding carboxylic acids is 1. The van der Waals surface area contributed by atoms with Gasteiger partial charge in [-0.25, -0.2) is 4.98 Å². The molecule has 0 saturated heterocycles. The first-order valence-corrected chi connectivity index (χ1v) is 6.75. The highest BCUT2D eigenvalue weighted by Crippen LogP contribution is 2.15. The molecular weight excluding hydrogens is 278 g/mol. The molecule has 2 aromatic rings. The summed E-state index contributed by atoms with van der Waals surface area (Å²) in [5, 5.41) is -0.365. The zero-order valence-corrected chi connectivity index (χ0v) is 12.2. The maximum Gasteiger partial charge on any atom is 0.226 e. The fraction of sp³-hybridized carbons (Fsp3) is 0.333. The molecule has 0 aliphatic carbocycles. The van der Waals surface area contributed by atoms with Crippen LogP contribution in [0.2, 0.25) is 0 Å². The Hall–Kier alpha value is -1.81. The second-order valence-corrected chi connectivity index (χ2v) is 4.93. The van der Waals surface area contributed by atoms with Crippen molar-refractivity contribution in [1.29, 1.82) is 0 Å². The highest BCUT2D eigenvalue weighted by atomic mass is 35.5. The summed E-state index contributed by atoms with van der Waals surface area (Å²) in [4.78, 5) is 15.1. The number of rotatable bonds is 6. The summed E-state index contributed by atoms with van der Waals surface area (Å²) < 4.78 is 11.0. The van der Waals surface area contributed by atoms with E-state index in [0.717, 1.165) is 22.8 Å². The van der Waals surface area contributed by atoms with Crippen molar-refractivity contribution in [2.24, 2.45) is 0 Å². The Morgan fingerprint density at radius 1 is 1.30 bits per heavy atom. The van der Waals surface area contributed by atoms with Crippen LogP contribution < -0.4 is 4.74 Å². The molecule has 0 aliphatic heterocycles. The van der Waals surface area contributed by atoms with Gasteiger partial charge in [0.1, 0.15) is 11.5 Å². The van der Waals surface area contributed by atoms with Gasteiger partial charge in [-0.1, -0.05) is 12.1 Å². The van der Waals surface area contributed by atoms with Crippen molar-refractivity contribution in [3.8, 4) is 5.75 Å². The molecule has 4 nitrogen and oxygen atoms in total. The summed E-state index contributed by atoms with van der Waals surface area (Å²) in [5.41, 5.74) is 1.80. The van der Waals surface area contributed by atoms with Crippen LogP contribution in [-0.2, 0) is 17.6 Å². The molecule has 1 aromatic heterocycles. The Balaban J connectivity index is 1.85. The third-order valence-corrected chi connectivity index (χ3v) is 3.01. The fourth-order valence-corrected chi connectivity index (χ4v) is 2.09. The molecule has 0 aliphatic rings. The van der Waals surface area contributed by atoms with Crippen molar-refractivity contribution in [2.45, 2.75) is 26.7 Å². The molecule has 106 valence electrons. The number of benzene rings is 1. The van der Waals surface area contributed by atoms with Crippen LogP contribution in [0.15, 0.2) is 28.7 Å². The lowest BCUT2D eigenvalue weighted by atomic mass is 10.1. The van der Waals surface area contributed by atoms with Crippen molar-refractivity contribution in [3.05, 3.63) is 47.2 Å². The quantitative estimate of drug-likeness (QED) is 0.767. The van der Waals surface area contributed by atoms with Gasteiger partial charge in [0.15, 0.2) is 5.89 Å². The van der Waals surface area contributed by atoms with Gasteiger partial charge in [0.2, 0.25) is 5.24 Å². The van der Waals surface area contributed by atoms with Gasteiger partial charge in [0.05, 0.1) is 12.3 Å². The molecule has 0 unspecified atom stereocenters. The van der Waals surface area contributed by atoms with E-state index < -0.39 is 0 Å². The Morgan fingerprint density at radius 2 is 2.00 bits per heavy atom. The van der Waals surface area contributed by atoms with Crippen molar-refractivity contribution in [3.63, 3.8) is 0 Å². The van der Waals surface area contributed by atoms with Crippen molar-refractivity contribution in [2.75, 3.05) is 6.61 Å². The number of aryl methyl sites for hydroxylation is 2. The predicted molar refractivity (Wildman–Crippen MR) is 76.2 cm³/mol. The smallest absolute Gasteiger partial charge is 0.226 e. The summed E-state index contributed by atoms with van der Waals surface area (Å²) in [6, 6.07) is 7.33. The molecule has 5 heteroatoms. The van der Waals surface area contributed by atoms with Crippen molar-refractivity contribution in [1.82, 2.24) is 4.98 Å². The zero-order chi connectivity index (χ0) is 14.5. The second kappa shape index (κ2) is 6.57. The summed E-state index contributed by atoms with van der Waals surface area (Å²) >= 11 is 5.33. The number of hydrogen-bond acceptors (Lipinski definition) is 4. The van der Waals surface area contributed by atoms with E-state index in [1.54, 1.807) is 0 Å². The number of hydrogen-bond donors (Lipinski definition) is 0. The number of aromatic nitrogens is 1. The summed E-state index contributed by atoms with van der Waals surface area (Å²) in [5.74, 6) is 2.27. The minimum atomic E-state index is -0.365. The lowest BCUT2D eigenvalue weighted by Crippen LogP contribution is -2.03. The van der Waals surface area contributed by atoms with E-state index in [1.165, 1.54) is 0 Å². The van der Waals surface area contributed by atoms with Crippen LogP contribution in [0.5, 0.6) is 5.75 Å².